The maximum absolute atomic E-state index is 13.4. The van der Waals surface area contributed by atoms with Gasteiger partial charge in [-0.2, -0.15) is 0 Å². The summed E-state index contributed by atoms with van der Waals surface area (Å²) in [6.45, 7) is 7.37. The van der Waals surface area contributed by atoms with Crippen molar-refractivity contribution in [3.63, 3.8) is 0 Å². The number of unbranched alkanes of at least 4 members (excludes halogenated alkanes) is 3. The van der Waals surface area contributed by atoms with Crippen LogP contribution in [0.2, 0.25) is 0 Å². The average molecular weight is 557 g/mol. The van der Waals surface area contributed by atoms with E-state index in [-0.39, 0.29) is 35.0 Å². The van der Waals surface area contributed by atoms with Crippen LogP contribution in [-0.2, 0) is 9.47 Å². The number of ketones is 2. The molecule has 0 radical (unpaired) electrons. The van der Waals surface area contributed by atoms with E-state index in [0.717, 1.165) is 64.7 Å². The zero-order valence-electron chi connectivity index (χ0n) is 23.4. The molecule has 2 aliphatic heterocycles. The van der Waals surface area contributed by atoms with Gasteiger partial charge in [0.05, 0.1) is 26.4 Å². The average Bonchev–Trinajstić information content (AvgIpc) is 2.99. The van der Waals surface area contributed by atoms with Crippen molar-refractivity contribution in [1.29, 1.82) is 0 Å². The second-order valence-electron chi connectivity index (χ2n) is 11.0. The van der Waals surface area contributed by atoms with Gasteiger partial charge in [0.25, 0.3) is 0 Å². The Morgan fingerprint density at radius 2 is 0.950 bits per heavy atom. The first kappa shape index (κ1) is 30.4. The fourth-order valence-corrected chi connectivity index (χ4v) is 5.64. The Hall–Kier alpha value is -2.52. The SMILES string of the molecule is O=C(c1ccc(F)cc1)C(CCCCCCC(CN1CCOCC1)C(=O)c1ccc(F)cc1)CN1CCOCC1. The van der Waals surface area contributed by atoms with E-state index >= 15 is 0 Å². The quantitative estimate of drug-likeness (QED) is 0.220. The molecule has 0 bridgehead atoms. The lowest BCUT2D eigenvalue weighted by Gasteiger charge is -2.30. The summed E-state index contributed by atoms with van der Waals surface area (Å²) in [6.07, 6.45) is 5.35. The first-order chi connectivity index (χ1) is 19.5. The zero-order valence-corrected chi connectivity index (χ0v) is 23.4. The lowest BCUT2D eigenvalue weighted by Crippen LogP contribution is -2.41. The van der Waals surface area contributed by atoms with Crippen LogP contribution in [0.1, 0.15) is 59.2 Å². The van der Waals surface area contributed by atoms with E-state index < -0.39 is 0 Å². The third-order valence-electron chi connectivity index (χ3n) is 8.02. The van der Waals surface area contributed by atoms with Gasteiger partial charge in [-0.1, -0.05) is 25.7 Å². The lowest BCUT2D eigenvalue weighted by molar-refractivity contribution is 0.0291. The summed E-state index contributed by atoms with van der Waals surface area (Å²) in [5.74, 6) is -0.823. The van der Waals surface area contributed by atoms with Crippen molar-refractivity contribution in [2.45, 2.75) is 38.5 Å². The van der Waals surface area contributed by atoms with Gasteiger partial charge in [0, 0.05) is 62.2 Å². The van der Waals surface area contributed by atoms with Crippen LogP contribution in [-0.4, -0.2) is 87.1 Å². The fourth-order valence-electron chi connectivity index (χ4n) is 5.64. The molecule has 0 aromatic heterocycles. The van der Waals surface area contributed by atoms with Crippen molar-refractivity contribution in [3.05, 3.63) is 71.3 Å². The predicted octanol–water partition coefficient (Wildman–Crippen LogP) is 5.27. The minimum Gasteiger partial charge on any atom is -0.379 e. The largest absolute Gasteiger partial charge is 0.379 e. The Bertz CT molecular complexity index is 966. The topological polar surface area (TPSA) is 59.1 Å². The standard InChI is InChI=1S/C32H42F2N2O4/c33-29-11-7-25(8-12-29)31(37)27(23-35-15-19-39-20-16-35)5-3-1-2-4-6-28(24-36-17-21-40-22-18-36)32(38)26-9-13-30(34)14-10-26/h7-14,27-28H,1-6,15-24H2. The van der Waals surface area contributed by atoms with Crippen LogP contribution in [0.3, 0.4) is 0 Å². The molecule has 2 aliphatic rings. The number of carbonyl (C=O) groups excluding carboxylic acids is 2. The molecule has 6 nitrogen and oxygen atoms in total. The third kappa shape index (κ3) is 9.54. The second-order valence-corrected chi connectivity index (χ2v) is 11.0. The molecule has 2 aromatic rings. The van der Waals surface area contributed by atoms with Gasteiger partial charge in [-0.05, 0) is 61.4 Å². The van der Waals surface area contributed by atoms with E-state index in [9.17, 15) is 18.4 Å². The van der Waals surface area contributed by atoms with Gasteiger partial charge in [0.1, 0.15) is 11.6 Å². The number of nitrogens with zero attached hydrogens (tertiary/aromatic N) is 2. The highest BCUT2D eigenvalue weighted by Crippen LogP contribution is 2.22. The van der Waals surface area contributed by atoms with Gasteiger partial charge in [0.15, 0.2) is 11.6 Å². The number of hydrogen-bond acceptors (Lipinski definition) is 6. The normalized spacial score (nSPS) is 18.4. The fraction of sp³-hybridized carbons (Fsp3) is 0.562. The smallest absolute Gasteiger partial charge is 0.167 e. The molecule has 2 fully saturated rings. The van der Waals surface area contributed by atoms with E-state index in [1.54, 1.807) is 24.3 Å². The Labute approximate surface area is 236 Å². The first-order valence-electron chi connectivity index (χ1n) is 14.7. The molecule has 0 saturated carbocycles. The number of hydrogen-bond donors (Lipinski definition) is 0. The molecule has 2 heterocycles. The van der Waals surface area contributed by atoms with Gasteiger partial charge < -0.3 is 9.47 Å². The molecule has 0 spiro atoms. The number of ether oxygens (including phenoxy) is 2. The van der Waals surface area contributed by atoms with Crippen LogP contribution in [0.4, 0.5) is 8.78 Å². The molecule has 2 unspecified atom stereocenters. The van der Waals surface area contributed by atoms with Crippen molar-refractivity contribution in [2.75, 3.05) is 65.7 Å². The lowest BCUT2D eigenvalue weighted by atomic mass is 9.89. The first-order valence-corrected chi connectivity index (χ1v) is 14.7. The highest BCUT2D eigenvalue weighted by molar-refractivity contribution is 5.98. The van der Waals surface area contributed by atoms with E-state index in [0.29, 0.717) is 50.6 Å². The van der Waals surface area contributed by atoms with Crippen LogP contribution < -0.4 is 0 Å². The van der Waals surface area contributed by atoms with E-state index in [1.807, 2.05) is 0 Å². The van der Waals surface area contributed by atoms with Crippen molar-refractivity contribution in [1.82, 2.24) is 9.80 Å². The number of halogens is 2. The van der Waals surface area contributed by atoms with Crippen molar-refractivity contribution >= 4 is 11.6 Å². The molecule has 2 atom stereocenters. The van der Waals surface area contributed by atoms with Gasteiger partial charge in [0.2, 0.25) is 0 Å². The highest BCUT2D eigenvalue weighted by atomic mass is 19.1. The molecular formula is C32H42F2N2O4. The molecule has 218 valence electrons. The molecule has 0 aliphatic carbocycles. The molecule has 0 N–H and O–H groups in total. The summed E-state index contributed by atoms with van der Waals surface area (Å²) in [5.41, 5.74) is 1.12. The van der Waals surface area contributed by atoms with Gasteiger partial charge in [-0.3, -0.25) is 19.4 Å². The maximum atomic E-state index is 13.4. The van der Waals surface area contributed by atoms with Crippen LogP contribution >= 0.6 is 0 Å². The summed E-state index contributed by atoms with van der Waals surface area (Å²) in [7, 11) is 0. The number of morpholine rings is 2. The third-order valence-corrected chi connectivity index (χ3v) is 8.02. The number of carbonyl (C=O) groups is 2. The van der Waals surface area contributed by atoms with E-state index in [1.165, 1.54) is 24.3 Å². The summed E-state index contributed by atoms with van der Waals surface area (Å²) < 4.78 is 37.8. The van der Waals surface area contributed by atoms with E-state index in [2.05, 4.69) is 9.80 Å². The van der Waals surface area contributed by atoms with Crippen molar-refractivity contribution in [3.8, 4) is 0 Å². The van der Waals surface area contributed by atoms with E-state index in [4.69, 9.17) is 9.47 Å². The Balaban J connectivity index is 1.28. The molecule has 2 aromatic carbocycles. The molecule has 8 heteroatoms. The maximum Gasteiger partial charge on any atom is 0.167 e. The second kappa shape index (κ2) is 16.1. The number of benzene rings is 2. The highest BCUT2D eigenvalue weighted by Gasteiger charge is 2.25. The Morgan fingerprint density at radius 3 is 1.30 bits per heavy atom. The Kier molecular flexibility index (Phi) is 12.2. The molecule has 4 rings (SSSR count). The summed E-state index contributed by atoms with van der Waals surface area (Å²) in [4.78, 5) is 31.2. The minimum absolute atomic E-state index is 0.0713. The van der Waals surface area contributed by atoms with Gasteiger partial charge in [-0.15, -0.1) is 0 Å². The monoisotopic (exact) mass is 556 g/mol. The Morgan fingerprint density at radius 1 is 0.600 bits per heavy atom. The molecule has 40 heavy (non-hydrogen) atoms. The predicted molar refractivity (Wildman–Crippen MR) is 151 cm³/mol. The van der Waals surface area contributed by atoms with Crippen LogP contribution in [0, 0.1) is 23.5 Å². The van der Waals surface area contributed by atoms with Crippen LogP contribution in [0.15, 0.2) is 48.5 Å². The van der Waals surface area contributed by atoms with Gasteiger partial charge >= 0.3 is 0 Å². The summed E-state index contributed by atoms with van der Waals surface area (Å²) >= 11 is 0. The number of rotatable bonds is 15. The number of Topliss-reactive ketones (excluding diaryl/α,β-unsaturated/α-hetero) is 2. The van der Waals surface area contributed by atoms with Crippen molar-refractivity contribution < 1.29 is 27.8 Å². The van der Waals surface area contributed by atoms with Crippen molar-refractivity contribution in [2.24, 2.45) is 11.8 Å². The molecular weight excluding hydrogens is 514 g/mol. The van der Waals surface area contributed by atoms with Gasteiger partial charge in [-0.25, -0.2) is 8.78 Å². The zero-order chi connectivity index (χ0) is 28.2. The van der Waals surface area contributed by atoms with Crippen LogP contribution in [0.25, 0.3) is 0 Å². The van der Waals surface area contributed by atoms with Crippen LogP contribution in [0.5, 0.6) is 0 Å². The summed E-state index contributed by atoms with van der Waals surface area (Å²) in [6, 6.07) is 11.7. The molecule has 0 amide bonds. The minimum atomic E-state index is -0.342. The summed E-state index contributed by atoms with van der Waals surface area (Å²) in [5, 5.41) is 0. The molecule has 2 saturated heterocycles.